The maximum absolute atomic E-state index is 13.0. The van der Waals surface area contributed by atoms with Gasteiger partial charge in [0.15, 0.2) is 0 Å². The van der Waals surface area contributed by atoms with E-state index in [0.29, 0.717) is 25.8 Å². The molecule has 0 aromatic carbocycles. The van der Waals surface area contributed by atoms with E-state index in [1.54, 1.807) is 13.8 Å². The molecule has 5 atom stereocenters. The van der Waals surface area contributed by atoms with E-state index in [4.69, 9.17) is 22.3 Å². The lowest BCUT2D eigenvalue weighted by Crippen LogP contribution is -2.59. The Hall–Kier alpha value is -3.79. The molecule has 0 saturated carbocycles. The minimum absolute atomic E-state index is 0.0454. The van der Waals surface area contributed by atoms with Crippen molar-refractivity contribution < 1.29 is 43.8 Å². The van der Waals surface area contributed by atoms with Crippen LogP contribution >= 0.6 is 0 Å². The summed E-state index contributed by atoms with van der Waals surface area (Å²) in [5, 5.41) is 27.8. The Balaban J connectivity index is 5.83. The van der Waals surface area contributed by atoms with Crippen LogP contribution in [0.2, 0.25) is 0 Å². The Morgan fingerprint density at radius 3 is 1.82 bits per heavy atom. The van der Waals surface area contributed by atoms with Gasteiger partial charge in [0.05, 0.1) is 13.0 Å². The van der Waals surface area contributed by atoms with Crippen molar-refractivity contribution in [3.63, 3.8) is 0 Å². The Kier molecular flexibility index (Phi) is 16.7. The van der Waals surface area contributed by atoms with Crippen molar-refractivity contribution in [2.75, 3.05) is 13.1 Å². The molecule has 16 heteroatoms. The van der Waals surface area contributed by atoms with E-state index < -0.39 is 91.4 Å². The number of carboxylic acids is 2. The van der Waals surface area contributed by atoms with Gasteiger partial charge < -0.3 is 48.7 Å². The Morgan fingerprint density at radius 1 is 0.769 bits per heavy atom. The van der Waals surface area contributed by atoms with Crippen LogP contribution < -0.4 is 38.5 Å². The topological polar surface area (TPSA) is 286 Å². The fourth-order valence-corrected chi connectivity index (χ4v) is 3.44. The van der Waals surface area contributed by atoms with Crippen LogP contribution in [0.25, 0.3) is 0 Å². The van der Waals surface area contributed by atoms with Crippen molar-refractivity contribution in [2.24, 2.45) is 23.1 Å². The summed E-state index contributed by atoms with van der Waals surface area (Å²) in [5.41, 5.74) is 15.9. The normalized spacial score (nSPS) is 14.6. The number of carbonyl (C=O) groups is 7. The number of unbranched alkanes of at least 4 members (excludes halogenated alkanes) is 1. The van der Waals surface area contributed by atoms with Gasteiger partial charge >= 0.3 is 11.9 Å². The minimum Gasteiger partial charge on any atom is -0.481 e. The number of nitrogens with one attached hydrogen (secondary N) is 4. The molecule has 39 heavy (non-hydrogen) atoms. The Labute approximate surface area is 226 Å². The number of hydrogen-bond donors (Lipinski definition) is 9. The number of aliphatic carboxylic acids is 2. The SMILES string of the molecule is CCC(C)C(NC(=O)CN)C(=O)NC(CC(N)=O)C(=O)NC(CCC(=O)O)C(=O)NC(CCCCN)C(=O)O. The van der Waals surface area contributed by atoms with Crippen LogP contribution in [0.1, 0.15) is 58.8 Å². The average molecular weight is 560 g/mol. The van der Waals surface area contributed by atoms with Crippen LogP contribution in [0.3, 0.4) is 0 Å². The third kappa shape index (κ3) is 14.1. The molecular formula is C23H41N7O9. The van der Waals surface area contributed by atoms with Crippen LogP contribution in [-0.4, -0.2) is 88.9 Å². The van der Waals surface area contributed by atoms with Gasteiger partial charge in [-0.2, -0.15) is 0 Å². The molecule has 0 aliphatic heterocycles. The van der Waals surface area contributed by atoms with Crippen LogP contribution in [0, 0.1) is 5.92 Å². The van der Waals surface area contributed by atoms with Crippen molar-refractivity contribution >= 4 is 41.5 Å². The highest BCUT2D eigenvalue weighted by molar-refractivity contribution is 5.97. The monoisotopic (exact) mass is 559 g/mol. The van der Waals surface area contributed by atoms with Gasteiger partial charge in [-0.05, 0) is 38.1 Å². The van der Waals surface area contributed by atoms with Gasteiger partial charge in [-0.25, -0.2) is 4.79 Å². The predicted octanol–water partition coefficient (Wildman–Crippen LogP) is -3.12. The standard InChI is InChI=1S/C23H41N7O9/c1-3-12(2)19(30-17(32)11-25)22(37)29-15(10-16(26)31)21(36)27-13(7-8-18(33)34)20(35)28-14(23(38)39)6-4-5-9-24/h12-15,19H,3-11,24-25H2,1-2H3,(H2,26,31)(H,27,36)(H,28,35)(H,29,37)(H,30,32)(H,33,34)(H,38,39). The molecule has 0 spiro atoms. The second-order valence-electron chi connectivity index (χ2n) is 9.04. The van der Waals surface area contributed by atoms with Gasteiger partial charge in [0.25, 0.3) is 0 Å². The van der Waals surface area contributed by atoms with E-state index in [1.807, 2.05) is 0 Å². The number of carbonyl (C=O) groups excluding carboxylic acids is 5. The predicted molar refractivity (Wildman–Crippen MR) is 137 cm³/mol. The van der Waals surface area contributed by atoms with Gasteiger partial charge in [0, 0.05) is 6.42 Å². The van der Waals surface area contributed by atoms with Crippen molar-refractivity contribution in [3.05, 3.63) is 0 Å². The fraction of sp³-hybridized carbons (Fsp3) is 0.696. The smallest absolute Gasteiger partial charge is 0.326 e. The molecule has 0 heterocycles. The van der Waals surface area contributed by atoms with Gasteiger partial charge in [0.2, 0.25) is 29.5 Å². The van der Waals surface area contributed by atoms with E-state index in [2.05, 4.69) is 21.3 Å². The van der Waals surface area contributed by atoms with E-state index in [-0.39, 0.29) is 12.3 Å². The quantitative estimate of drug-likeness (QED) is 0.0672. The molecular weight excluding hydrogens is 518 g/mol. The minimum atomic E-state index is -1.59. The molecule has 0 aliphatic carbocycles. The number of hydrogen-bond acceptors (Lipinski definition) is 9. The summed E-state index contributed by atoms with van der Waals surface area (Å²) in [6.45, 7) is 3.36. The highest BCUT2D eigenvalue weighted by atomic mass is 16.4. The summed E-state index contributed by atoms with van der Waals surface area (Å²) in [4.78, 5) is 85.0. The summed E-state index contributed by atoms with van der Waals surface area (Å²) in [6, 6.07) is -5.53. The molecule has 0 aromatic heterocycles. The lowest BCUT2D eigenvalue weighted by Gasteiger charge is -2.27. The second kappa shape index (κ2) is 18.5. The molecule has 0 bridgehead atoms. The first-order valence-electron chi connectivity index (χ1n) is 12.6. The highest BCUT2D eigenvalue weighted by Gasteiger charge is 2.33. The lowest BCUT2D eigenvalue weighted by molar-refractivity contribution is -0.143. The molecule has 0 fully saturated rings. The van der Waals surface area contributed by atoms with Crippen molar-refractivity contribution in [2.45, 2.75) is 83.0 Å². The number of amides is 5. The molecule has 0 saturated heterocycles. The highest BCUT2D eigenvalue weighted by Crippen LogP contribution is 2.10. The van der Waals surface area contributed by atoms with Crippen LogP contribution in [0.4, 0.5) is 0 Å². The third-order valence-corrected chi connectivity index (χ3v) is 5.88. The molecule has 0 radical (unpaired) electrons. The zero-order valence-electron chi connectivity index (χ0n) is 22.2. The molecule has 5 unspecified atom stereocenters. The lowest BCUT2D eigenvalue weighted by atomic mass is 9.97. The molecule has 0 aromatic rings. The van der Waals surface area contributed by atoms with Crippen LogP contribution in [0.5, 0.6) is 0 Å². The van der Waals surface area contributed by atoms with E-state index in [1.165, 1.54) is 0 Å². The number of carboxylic acid groups (broad SMARTS) is 2. The van der Waals surface area contributed by atoms with Gasteiger partial charge in [0.1, 0.15) is 24.2 Å². The van der Waals surface area contributed by atoms with Crippen LogP contribution in [-0.2, 0) is 33.6 Å². The van der Waals surface area contributed by atoms with Crippen molar-refractivity contribution in [1.29, 1.82) is 0 Å². The molecule has 16 nitrogen and oxygen atoms in total. The summed E-state index contributed by atoms with van der Waals surface area (Å²) in [7, 11) is 0. The maximum Gasteiger partial charge on any atom is 0.326 e. The first-order chi connectivity index (χ1) is 18.3. The first kappa shape index (κ1) is 35.2. The van der Waals surface area contributed by atoms with Crippen molar-refractivity contribution in [1.82, 2.24) is 21.3 Å². The summed E-state index contributed by atoms with van der Waals surface area (Å²) in [5.74, 6) is -7.44. The van der Waals surface area contributed by atoms with Crippen LogP contribution in [0.15, 0.2) is 0 Å². The number of primary amides is 1. The molecule has 12 N–H and O–H groups in total. The summed E-state index contributed by atoms with van der Waals surface area (Å²) < 4.78 is 0. The van der Waals surface area contributed by atoms with Crippen molar-refractivity contribution in [3.8, 4) is 0 Å². The number of rotatable bonds is 20. The fourth-order valence-electron chi connectivity index (χ4n) is 3.44. The van der Waals surface area contributed by atoms with Gasteiger partial charge in [-0.1, -0.05) is 20.3 Å². The zero-order chi connectivity index (χ0) is 30.1. The molecule has 0 rings (SSSR count). The maximum atomic E-state index is 13.0. The average Bonchev–Trinajstić information content (AvgIpc) is 2.87. The third-order valence-electron chi connectivity index (χ3n) is 5.88. The molecule has 5 amide bonds. The Bertz CT molecular complexity index is 884. The van der Waals surface area contributed by atoms with Gasteiger partial charge in [-0.15, -0.1) is 0 Å². The van der Waals surface area contributed by atoms with E-state index >= 15 is 0 Å². The molecule has 0 aliphatic rings. The van der Waals surface area contributed by atoms with Gasteiger partial charge in [-0.3, -0.25) is 28.8 Å². The Morgan fingerprint density at radius 2 is 1.33 bits per heavy atom. The second-order valence-corrected chi connectivity index (χ2v) is 9.04. The zero-order valence-corrected chi connectivity index (χ0v) is 22.2. The first-order valence-corrected chi connectivity index (χ1v) is 12.6. The van der Waals surface area contributed by atoms with E-state index in [9.17, 15) is 38.7 Å². The molecule has 222 valence electrons. The van der Waals surface area contributed by atoms with E-state index in [0.717, 1.165) is 0 Å². The number of nitrogens with two attached hydrogens (primary N) is 3. The largest absolute Gasteiger partial charge is 0.481 e. The summed E-state index contributed by atoms with van der Waals surface area (Å²) in [6.07, 6.45) is -0.243. The summed E-state index contributed by atoms with van der Waals surface area (Å²) >= 11 is 0.